The van der Waals surface area contributed by atoms with E-state index >= 15 is 0 Å². The maximum absolute atomic E-state index is 11.0. The number of aromatic nitrogens is 3. The third kappa shape index (κ3) is 1.79. The van der Waals surface area contributed by atoms with E-state index in [1.807, 2.05) is 19.2 Å². The lowest BCUT2D eigenvalue weighted by atomic mass is 10.1. The van der Waals surface area contributed by atoms with E-state index in [0.29, 0.717) is 0 Å². The summed E-state index contributed by atoms with van der Waals surface area (Å²) in [7, 11) is 3.77. The SMILES string of the molecule is Cc1cn(C)c2ccc(-c3cc(C(=O)O)nn3C)cc12. The Hall–Kier alpha value is -2.56. The summed E-state index contributed by atoms with van der Waals surface area (Å²) in [6, 6.07) is 7.71. The van der Waals surface area contributed by atoms with Gasteiger partial charge in [-0.05, 0) is 30.7 Å². The van der Waals surface area contributed by atoms with Crippen LogP contribution in [-0.2, 0) is 14.1 Å². The van der Waals surface area contributed by atoms with E-state index in [0.717, 1.165) is 16.8 Å². The number of carboxylic acids is 1. The lowest BCUT2D eigenvalue weighted by Gasteiger charge is -2.03. The molecule has 0 fully saturated rings. The summed E-state index contributed by atoms with van der Waals surface area (Å²) in [5.74, 6) is -1.01. The van der Waals surface area contributed by atoms with Crippen molar-refractivity contribution in [2.24, 2.45) is 14.1 Å². The number of nitrogens with zero attached hydrogens (tertiary/aromatic N) is 3. The molecule has 2 aromatic heterocycles. The van der Waals surface area contributed by atoms with Crippen LogP contribution in [-0.4, -0.2) is 25.4 Å². The maximum atomic E-state index is 11.0. The first-order valence-corrected chi connectivity index (χ1v) is 6.31. The summed E-state index contributed by atoms with van der Waals surface area (Å²) >= 11 is 0. The molecule has 0 bridgehead atoms. The van der Waals surface area contributed by atoms with Gasteiger partial charge in [0, 0.05) is 36.8 Å². The average Bonchev–Trinajstić information content (AvgIpc) is 2.91. The molecule has 0 unspecified atom stereocenters. The van der Waals surface area contributed by atoms with Crippen LogP contribution in [0.1, 0.15) is 16.1 Å². The van der Waals surface area contributed by atoms with Gasteiger partial charge in [-0.2, -0.15) is 5.10 Å². The zero-order valence-corrected chi connectivity index (χ0v) is 11.6. The molecular weight excluding hydrogens is 254 g/mol. The fourth-order valence-corrected chi connectivity index (χ4v) is 2.59. The molecule has 0 saturated heterocycles. The van der Waals surface area contributed by atoms with Crippen molar-refractivity contribution in [1.82, 2.24) is 14.3 Å². The minimum atomic E-state index is -1.01. The Balaban J connectivity index is 2.19. The molecule has 3 rings (SSSR count). The van der Waals surface area contributed by atoms with Crippen LogP contribution in [0.3, 0.4) is 0 Å². The summed E-state index contributed by atoms with van der Waals surface area (Å²) in [6.45, 7) is 2.07. The molecule has 5 nitrogen and oxygen atoms in total. The minimum absolute atomic E-state index is 0.0624. The van der Waals surface area contributed by atoms with E-state index in [1.54, 1.807) is 17.8 Å². The molecule has 0 radical (unpaired) electrons. The maximum Gasteiger partial charge on any atom is 0.356 e. The van der Waals surface area contributed by atoms with Crippen LogP contribution in [0.25, 0.3) is 22.2 Å². The van der Waals surface area contributed by atoms with Crippen molar-refractivity contribution in [3.63, 3.8) is 0 Å². The van der Waals surface area contributed by atoms with Gasteiger partial charge in [-0.25, -0.2) is 4.79 Å². The molecule has 102 valence electrons. The molecule has 20 heavy (non-hydrogen) atoms. The second kappa shape index (κ2) is 4.23. The van der Waals surface area contributed by atoms with Gasteiger partial charge in [0.1, 0.15) is 0 Å². The van der Waals surface area contributed by atoms with E-state index in [1.165, 1.54) is 10.9 Å². The number of aromatic carboxylic acids is 1. The van der Waals surface area contributed by atoms with Gasteiger partial charge in [0.2, 0.25) is 0 Å². The monoisotopic (exact) mass is 269 g/mol. The van der Waals surface area contributed by atoms with Crippen molar-refractivity contribution in [2.75, 3.05) is 0 Å². The normalized spacial score (nSPS) is 11.2. The van der Waals surface area contributed by atoms with Crippen molar-refractivity contribution in [3.8, 4) is 11.3 Å². The smallest absolute Gasteiger partial charge is 0.356 e. The Morgan fingerprint density at radius 1 is 1.25 bits per heavy atom. The van der Waals surface area contributed by atoms with Gasteiger partial charge in [-0.3, -0.25) is 4.68 Å². The van der Waals surface area contributed by atoms with Gasteiger partial charge in [-0.15, -0.1) is 0 Å². The molecular formula is C15H15N3O2. The Labute approximate surface area is 116 Å². The molecule has 5 heteroatoms. The highest BCUT2D eigenvalue weighted by Crippen LogP contribution is 2.27. The van der Waals surface area contributed by atoms with Crippen LogP contribution in [0, 0.1) is 6.92 Å². The summed E-state index contributed by atoms with van der Waals surface area (Å²) in [6.07, 6.45) is 2.08. The average molecular weight is 269 g/mol. The Morgan fingerprint density at radius 2 is 2.00 bits per heavy atom. The third-order valence-corrected chi connectivity index (χ3v) is 3.58. The minimum Gasteiger partial charge on any atom is -0.476 e. The van der Waals surface area contributed by atoms with Gasteiger partial charge in [-0.1, -0.05) is 6.07 Å². The van der Waals surface area contributed by atoms with E-state index < -0.39 is 5.97 Å². The Kier molecular flexibility index (Phi) is 2.64. The van der Waals surface area contributed by atoms with Gasteiger partial charge in [0.05, 0.1) is 5.69 Å². The highest BCUT2D eigenvalue weighted by atomic mass is 16.4. The predicted octanol–water partition coefficient (Wildman–Crippen LogP) is 2.59. The van der Waals surface area contributed by atoms with Crippen LogP contribution < -0.4 is 0 Å². The molecule has 2 heterocycles. The molecule has 0 aliphatic carbocycles. The lowest BCUT2D eigenvalue weighted by Crippen LogP contribution is -1.99. The molecule has 0 amide bonds. The van der Waals surface area contributed by atoms with Gasteiger partial charge in [0.25, 0.3) is 0 Å². The van der Waals surface area contributed by atoms with E-state index in [4.69, 9.17) is 5.11 Å². The molecule has 0 spiro atoms. The van der Waals surface area contributed by atoms with Gasteiger partial charge < -0.3 is 9.67 Å². The van der Waals surface area contributed by atoms with Crippen LogP contribution in [0.4, 0.5) is 0 Å². The zero-order chi connectivity index (χ0) is 14.4. The van der Waals surface area contributed by atoms with E-state index in [9.17, 15) is 4.79 Å². The van der Waals surface area contributed by atoms with Crippen LogP contribution >= 0.6 is 0 Å². The fourth-order valence-electron chi connectivity index (χ4n) is 2.59. The first kappa shape index (κ1) is 12.5. The second-order valence-corrected chi connectivity index (χ2v) is 5.00. The Bertz CT molecular complexity index is 827. The van der Waals surface area contributed by atoms with Crippen LogP contribution in [0.15, 0.2) is 30.5 Å². The number of carboxylic acid groups (broad SMARTS) is 1. The third-order valence-electron chi connectivity index (χ3n) is 3.58. The van der Waals surface area contributed by atoms with Gasteiger partial charge in [0.15, 0.2) is 5.69 Å². The van der Waals surface area contributed by atoms with Crippen LogP contribution in [0.2, 0.25) is 0 Å². The van der Waals surface area contributed by atoms with Crippen molar-refractivity contribution in [3.05, 3.63) is 41.7 Å². The topological polar surface area (TPSA) is 60.1 Å². The van der Waals surface area contributed by atoms with Crippen molar-refractivity contribution in [1.29, 1.82) is 0 Å². The molecule has 0 saturated carbocycles. The molecule has 0 aliphatic heterocycles. The molecule has 3 aromatic rings. The quantitative estimate of drug-likeness (QED) is 0.778. The molecule has 0 atom stereocenters. The standard InChI is InChI=1S/C15H15N3O2/c1-9-8-17(2)13-5-4-10(6-11(9)13)14-7-12(15(19)20)16-18(14)3/h4-8H,1-3H3,(H,19,20). The van der Waals surface area contributed by atoms with E-state index in [2.05, 4.69) is 28.9 Å². The highest BCUT2D eigenvalue weighted by molar-refractivity contribution is 5.90. The zero-order valence-electron chi connectivity index (χ0n) is 11.6. The predicted molar refractivity (Wildman–Crippen MR) is 76.8 cm³/mol. The summed E-state index contributed by atoms with van der Waals surface area (Å²) < 4.78 is 3.68. The highest BCUT2D eigenvalue weighted by Gasteiger charge is 2.13. The molecule has 1 N–H and O–H groups in total. The molecule has 0 aliphatic rings. The molecule has 1 aromatic carbocycles. The first-order chi connectivity index (χ1) is 9.47. The number of hydrogen-bond donors (Lipinski definition) is 1. The number of rotatable bonds is 2. The Morgan fingerprint density at radius 3 is 2.65 bits per heavy atom. The number of aryl methyl sites for hydroxylation is 3. The second-order valence-electron chi connectivity index (χ2n) is 5.00. The summed E-state index contributed by atoms with van der Waals surface area (Å²) in [5.41, 5.74) is 4.19. The number of fused-ring (bicyclic) bond motifs is 1. The van der Waals surface area contributed by atoms with Crippen molar-refractivity contribution < 1.29 is 9.90 Å². The number of carbonyl (C=O) groups is 1. The summed E-state index contributed by atoms with van der Waals surface area (Å²) in [5, 5.41) is 14.2. The van der Waals surface area contributed by atoms with Crippen molar-refractivity contribution in [2.45, 2.75) is 6.92 Å². The lowest BCUT2D eigenvalue weighted by molar-refractivity contribution is 0.0689. The van der Waals surface area contributed by atoms with E-state index in [-0.39, 0.29) is 5.69 Å². The first-order valence-electron chi connectivity index (χ1n) is 6.31. The van der Waals surface area contributed by atoms with Crippen LogP contribution in [0.5, 0.6) is 0 Å². The number of benzene rings is 1. The van der Waals surface area contributed by atoms with Crippen molar-refractivity contribution >= 4 is 16.9 Å². The number of hydrogen-bond acceptors (Lipinski definition) is 2. The summed E-state index contributed by atoms with van der Waals surface area (Å²) in [4.78, 5) is 11.0. The fraction of sp³-hybridized carbons (Fsp3) is 0.200. The van der Waals surface area contributed by atoms with Gasteiger partial charge >= 0.3 is 5.97 Å². The largest absolute Gasteiger partial charge is 0.476 e.